The number of hydrogen-bond acceptors (Lipinski definition) is 5. The highest BCUT2D eigenvalue weighted by Crippen LogP contribution is 2.31. The Balaban J connectivity index is 1.85. The summed E-state index contributed by atoms with van der Waals surface area (Å²) in [6, 6.07) is 0.596. The van der Waals surface area contributed by atoms with Gasteiger partial charge in [0.1, 0.15) is 0 Å². The molecule has 6 nitrogen and oxygen atoms in total. The molecule has 0 aromatic carbocycles. The third-order valence-corrected chi connectivity index (χ3v) is 4.79. The molecule has 1 aliphatic carbocycles. The van der Waals surface area contributed by atoms with Crippen LogP contribution in [0.3, 0.4) is 0 Å². The van der Waals surface area contributed by atoms with Crippen molar-refractivity contribution in [2.24, 2.45) is 5.92 Å². The zero-order chi connectivity index (χ0) is 14.5. The van der Waals surface area contributed by atoms with Gasteiger partial charge in [-0.2, -0.15) is 0 Å². The van der Waals surface area contributed by atoms with E-state index in [1.807, 2.05) is 11.6 Å². The summed E-state index contributed by atoms with van der Waals surface area (Å²) >= 11 is 1.42. The lowest BCUT2D eigenvalue weighted by Crippen LogP contribution is -2.37. The average Bonchev–Trinajstić information content (AvgIpc) is 3.06. The number of carbonyl (C=O) groups is 1. The fraction of sp³-hybridized carbons (Fsp3) is 0.846. The average molecular weight is 297 g/mol. The number of rotatable bonds is 6. The van der Waals surface area contributed by atoms with Crippen LogP contribution in [-0.2, 0) is 4.79 Å². The van der Waals surface area contributed by atoms with Crippen molar-refractivity contribution in [1.82, 2.24) is 25.5 Å². The molecule has 2 rings (SSSR count). The van der Waals surface area contributed by atoms with Crippen LogP contribution >= 0.6 is 11.8 Å². The SMILES string of the molecule is CC(C)C(C)NC(=O)CSc1nnnn1C1CCCC1. The maximum Gasteiger partial charge on any atom is 0.230 e. The van der Waals surface area contributed by atoms with Gasteiger partial charge in [0, 0.05) is 6.04 Å². The molecular formula is C13H23N5OS. The lowest BCUT2D eigenvalue weighted by Gasteiger charge is -2.17. The molecule has 112 valence electrons. The fourth-order valence-electron chi connectivity index (χ4n) is 2.25. The van der Waals surface area contributed by atoms with Crippen LogP contribution < -0.4 is 5.32 Å². The zero-order valence-electron chi connectivity index (χ0n) is 12.4. The summed E-state index contributed by atoms with van der Waals surface area (Å²) in [6.07, 6.45) is 4.74. The molecule has 1 fully saturated rings. The van der Waals surface area contributed by atoms with Crippen LogP contribution in [0.5, 0.6) is 0 Å². The molecule has 1 N–H and O–H groups in total. The molecule has 1 heterocycles. The van der Waals surface area contributed by atoms with Crippen molar-refractivity contribution in [3.8, 4) is 0 Å². The summed E-state index contributed by atoms with van der Waals surface area (Å²) in [6.45, 7) is 6.22. The molecule has 0 radical (unpaired) electrons. The van der Waals surface area contributed by atoms with E-state index < -0.39 is 0 Å². The molecule has 7 heteroatoms. The summed E-state index contributed by atoms with van der Waals surface area (Å²) in [4.78, 5) is 11.9. The minimum atomic E-state index is 0.0390. The highest BCUT2D eigenvalue weighted by atomic mass is 32.2. The van der Waals surface area contributed by atoms with E-state index in [9.17, 15) is 4.79 Å². The molecule has 1 aliphatic rings. The topological polar surface area (TPSA) is 72.7 Å². The van der Waals surface area contributed by atoms with Crippen LogP contribution in [0.15, 0.2) is 5.16 Å². The van der Waals surface area contributed by atoms with E-state index in [1.165, 1.54) is 24.6 Å². The van der Waals surface area contributed by atoms with Crippen molar-refractivity contribution in [3.05, 3.63) is 0 Å². The van der Waals surface area contributed by atoms with Gasteiger partial charge >= 0.3 is 0 Å². The third-order valence-electron chi connectivity index (χ3n) is 3.85. The number of aromatic nitrogens is 4. The first kappa shape index (κ1) is 15.3. The van der Waals surface area contributed by atoms with Crippen LogP contribution in [0.1, 0.15) is 52.5 Å². The summed E-state index contributed by atoms with van der Waals surface area (Å²) < 4.78 is 1.89. The Morgan fingerprint density at radius 2 is 2.10 bits per heavy atom. The first-order chi connectivity index (χ1) is 9.58. The van der Waals surface area contributed by atoms with E-state index in [-0.39, 0.29) is 11.9 Å². The van der Waals surface area contributed by atoms with E-state index >= 15 is 0 Å². The minimum absolute atomic E-state index is 0.0390. The van der Waals surface area contributed by atoms with Gasteiger partial charge in [-0.1, -0.05) is 38.5 Å². The maximum atomic E-state index is 11.9. The van der Waals surface area contributed by atoms with Crippen molar-refractivity contribution in [1.29, 1.82) is 0 Å². The molecule has 0 spiro atoms. The van der Waals surface area contributed by atoms with Gasteiger partial charge in [0.05, 0.1) is 11.8 Å². The minimum Gasteiger partial charge on any atom is -0.353 e. The normalized spacial score (nSPS) is 17.6. The summed E-state index contributed by atoms with van der Waals surface area (Å²) in [5.41, 5.74) is 0. The third kappa shape index (κ3) is 3.94. The lowest BCUT2D eigenvalue weighted by atomic mass is 10.1. The Bertz CT molecular complexity index is 442. The first-order valence-corrected chi connectivity index (χ1v) is 8.26. The molecule has 1 amide bonds. The van der Waals surface area contributed by atoms with E-state index in [0.717, 1.165) is 18.0 Å². The number of carbonyl (C=O) groups excluding carboxylic acids is 1. The van der Waals surface area contributed by atoms with E-state index in [0.29, 0.717) is 17.7 Å². The quantitative estimate of drug-likeness (QED) is 0.813. The molecular weight excluding hydrogens is 274 g/mol. The van der Waals surface area contributed by atoms with Crippen molar-refractivity contribution in [3.63, 3.8) is 0 Å². The molecule has 1 saturated carbocycles. The highest BCUT2D eigenvalue weighted by Gasteiger charge is 2.22. The van der Waals surface area contributed by atoms with Gasteiger partial charge in [0.2, 0.25) is 11.1 Å². The van der Waals surface area contributed by atoms with Gasteiger partial charge in [-0.05, 0) is 36.1 Å². The van der Waals surface area contributed by atoms with Gasteiger partial charge < -0.3 is 5.32 Å². The molecule has 1 aromatic heterocycles. The number of nitrogens with one attached hydrogen (secondary N) is 1. The second-order valence-corrected chi connectivity index (χ2v) is 6.68. The van der Waals surface area contributed by atoms with Crippen molar-refractivity contribution >= 4 is 17.7 Å². The number of nitrogens with zero attached hydrogens (tertiary/aromatic N) is 4. The number of amides is 1. The van der Waals surface area contributed by atoms with Crippen LogP contribution in [0.4, 0.5) is 0 Å². The van der Waals surface area contributed by atoms with Gasteiger partial charge in [0.15, 0.2) is 0 Å². The van der Waals surface area contributed by atoms with E-state index in [2.05, 4.69) is 34.7 Å². The Hall–Kier alpha value is -1.11. The Labute approximate surface area is 124 Å². The molecule has 1 atom stereocenters. The number of hydrogen-bond donors (Lipinski definition) is 1. The summed E-state index contributed by atoms with van der Waals surface area (Å²) in [5.74, 6) is 0.842. The lowest BCUT2D eigenvalue weighted by molar-refractivity contribution is -0.119. The molecule has 0 bridgehead atoms. The second-order valence-electron chi connectivity index (χ2n) is 5.73. The van der Waals surface area contributed by atoms with Gasteiger partial charge in [0.25, 0.3) is 0 Å². The Kier molecular flexibility index (Phi) is 5.39. The standard InChI is InChI=1S/C13H23N5OS/c1-9(2)10(3)14-12(19)8-20-13-15-16-17-18(13)11-6-4-5-7-11/h9-11H,4-8H2,1-3H3,(H,14,19). The van der Waals surface area contributed by atoms with Crippen molar-refractivity contribution < 1.29 is 4.79 Å². The predicted octanol–water partition coefficient (Wildman–Crippen LogP) is 2.04. The number of tetrazole rings is 1. The monoisotopic (exact) mass is 297 g/mol. The van der Waals surface area contributed by atoms with Gasteiger partial charge in [-0.3, -0.25) is 4.79 Å². The van der Waals surface area contributed by atoms with Crippen LogP contribution in [-0.4, -0.2) is 37.9 Å². The van der Waals surface area contributed by atoms with Crippen molar-refractivity contribution in [2.45, 2.75) is 63.7 Å². The Morgan fingerprint density at radius 1 is 1.40 bits per heavy atom. The molecule has 0 aliphatic heterocycles. The predicted molar refractivity (Wildman–Crippen MR) is 78.5 cm³/mol. The van der Waals surface area contributed by atoms with Gasteiger partial charge in [-0.15, -0.1) is 5.10 Å². The fourth-order valence-corrected chi connectivity index (χ4v) is 3.01. The smallest absolute Gasteiger partial charge is 0.230 e. The maximum absolute atomic E-state index is 11.9. The zero-order valence-corrected chi connectivity index (χ0v) is 13.2. The largest absolute Gasteiger partial charge is 0.353 e. The van der Waals surface area contributed by atoms with Crippen LogP contribution in [0, 0.1) is 5.92 Å². The summed E-state index contributed by atoms with van der Waals surface area (Å²) in [7, 11) is 0. The van der Waals surface area contributed by atoms with Crippen LogP contribution in [0.2, 0.25) is 0 Å². The second kappa shape index (κ2) is 7.06. The first-order valence-electron chi connectivity index (χ1n) is 7.28. The van der Waals surface area contributed by atoms with E-state index in [4.69, 9.17) is 0 Å². The van der Waals surface area contributed by atoms with Gasteiger partial charge in [-0.25, -0.2) is 4.68 Å². The molecule has 1 unspecified atom stereocenters. The molecule has 0 saturated heterocycles. The molecule has 1 aromatic rings. The highest BCUT2D eigenvalue weighted by molar-refractivity contribution is 7.99. The Morgan fingerprint density at radius 3 is 2.75 bits per heavy atom. The van der Waals surface area contributed by atoms with E-state index in [1.54, 1.807) is 0 Å². The van der Waals surface area contributed by atoms with Crippen molar-refractivity contribution in [2.75, 3.05) is 5.75 Å². The molecule has 20 heavy (non-hydrogen) atoms. The van der Waals surface area contributed by atoms with Crippen LogP contribution in [0.25, 0.3) is 0 Å². The number of thioether (sulfide) groups is 1. The summed E-state index contributed by atoms with van der Waals surface area (Å²) in [5, 5.41) is 15.6.